The smallest absolute Gasteiger partial charge is 0.314 e. The van der Waals surface area contributed by atoms with E-state index < -0.39 is 0 Å². The van der Waals surface area contributed by atoms with E-state index in [4.69, 9.17) is 9.57 Å². The molecule has 0 radical (unpaired) electrons. The zero-order chi connectivity index (χ0) is 11.0. The van der Waals surface area contributed by atoms with Crippen molar-refractivity contribution in [2.45, 2.75) is 33.1 Å². The standard InChI is InChI=1S/C10H19NO3/c1-5-7-9(11-14-4)8(6-2)10(12)13-3/h8H,5-7H2,1-4H3. The van der Waals surface area contributed by atoms with Crippen LogP contribution < -0.4 is 0 Å². The normalized spacial score (nSPS) is 13.6. The molecule has 82 valence electrons. The van der Waals surface area contributed by atoms with E-state index in [0.29, 0.717) is 6.42 Å². The molecule has 14 heavy (non-hydrogen) atoms. The third kappa shape index (κ3) is 3.77. The van der Waals surface area contributed by atoms with E-state index in [0.717, 1.165) is 18.6 Å². The van der Waals surface area contributed by atoms with E-state index in [1.807, 2.05) is 13.8 Å². The van der Waals surface area contributed by atoms with Crippen LogP contribution in [0.5, 0.6) is 0 Å². The van der Waals surface area contributed by atoms with Gasteiger partial charge in [-0.3, -0.25) is 4.79 Å². The monoisotopic (exact) mass is 201 g/mol. The van der Waals surface area contributed by atoms with Gasteiger partial charge in [0.15, 0.2) is 0 Å². The first-order chi connectivity index (χ1) is 6.71. The zero-order valence-electron chi connectivity index (χ0n) is 9.37. The van der Waals surface area contributed by atoms with E-state index >= 15 is 0 Å². The van der Waals surface area contributed by atoms with Crippen LogP contribution in [0.4, 0.5) is 0 Å². The maximum atomic E-state index is 11.4. The lowest BCUT2D eigenvalue weighted by molar-refractivity contribution is -0.143. The van der Waals surface area contributed by atoms with Crippen molar-refractivity contribution in [3.8, 4) is 0 Å². The summed E-state index contributed by atoms with van der Waals surface area (Å²) in [5.41, 5.74) is 0.768. The second-order valence-electron chi connectivity index (χ2n) is 3.00. The molecule has 0 aromatic rings. The molecule has 0 heterocycles. The molecule has 0 bridgehead atoms. The Hall–Kier alpha value is -1.06. The average Bonchev–Trinajstić information content (AvgIpc) is 2.19. The molecule has 0 amide bonds. The van der Waals surface area contributed by atoms with Crippen molar-refractivity contribution >= 4 is 11.7 Å². The van der Waals surface area contributed by atoms with Gasteiger partial charge in [-0.15, -0.1) is 0 Å². The molecule has 0 N–H and O–H groups in total. The second-order valence-corrected chi connectivity index (χ2v) is 3.00. The van der Waals surface area contributed by atoms with E-state index in [1.54, 1.807) is 0 Å². The molecule has 0 aromatic carbocycles. The molecule has 0 aliphatic rings. The van der Waals surface area contributed by atoms with Gasteiger partial charge in [0, 0.05) is 0 Å². The number of oxime groups is 1. The van der Waals surface area contributed by atoms with Crippen molar-refractivity contribution in [1.29, 1.82) is 0 Å². The van der Waals surface area contributed by atoms with Gasteiger partial charge in [0.2, 0.25) is 0 Å². The third-order valence-electron chi connectivity index (χ3n) is 2.01. The fraction of sp³-hybridized carbons (Fsp3) is 0.800. The SMILES string of the molecule is CCCC(=NOC)C(CC)C(=O)OC. The average molecular weight is 201 g/mol. The molecular weight excluding hydrogens is 182 g/mol. The maximum absolute atomic E-state index is 11.4. The Balaban J connectivity index is 4.58. The van der Waals surface area contributed by atoms with Crippen LogP contribution in [-0.2, 0) is 14.4 Å². The summed E-state index contributed by atoms with van der Waals surface area (Å²) in [6.45, 7) is 3.97. The number of carbonyl (C=O) groups is 1. The van der Waals surface area contributed by atoms with E-state index in [2.05, 4.69) is 5.16 Å². The predicted octanol–water partition coefficient (Wildman–Crippen LogP) is 1.99. The number of ether oxygens (including phenoxy) is 1. The summed E-state index contributed by atoms with van der Waals surface area (Å²) in [6.07, 6.45) is 2.39. The lowest BCUT2D eigenvalue weighted by Crippen LogP contribution is -2.24. The molecular formula is C10H19NO3. The number of hydrogen-bond donors (Lipinski definition) is 0. The van der Waals surface area contributed by atoms with E-state index in [-0.39, 0.29) is 11.9 Å². The van der Waals surface area contributed by atoms with Gasteiger partial charge in [-0.1, -0.05) is 25.4 Å². The van der Waals surface area contributed by atoms with Crippen LogP contribution in [0.15, 0.2) is 5.16 Å². The van der Waals surface area contributed by atoms with Gasteiger partial charge in [-0.2, -0.15) is 0 Å². The molecule has 0 spiro atoms. The van der Waals surface area contributed by atoms with Gasteiger partial charge in [-0.05, 0) is 12.8 Å². The highest BCUT2D eigenvalue weighted by molar-refractivity contribution is 6.01. The van der Waals surface area contributed by atoms with Crippen molar-refractivity contribution in [3.63, 3.8) is 0 Å². The summed E-state index contributed by atoms with van der Waals surface area (Å²) < 4.78 is 4.70. The van der Waals surface area contributed by atoms with Crippen LogP contribution in [0.3, 0.4) is 0 Å². The summed E-state index contributed by atoms with van der Waals surface area (Å²) in [5.74, 6) is -0.503. The summed E-state index contributed by atoms with van der Waals surface area (Å²) in [6, 6.07) is 0. The minimum absolute atomic E-state index is 0.239. The van der Waals surface area contributed by atoms with Crippen LogP contribution in [-0.4, -0.2) is 25.9 Å². The summed E-state index contributed by atoms with van der Waals surface area (Å²) >= 11 is 0. The summed E-state index contributed by atoms with van der Waals surface area (Å²) in [4.78, 5) is 16.1. The number of carbonyl (C=O) groups excluding carboxylic acids is 1. The molecule has 0 saturated heterocycles. The maximum Gasteiger partial charge on any atom is 0.314 e. The third-order valence-corrected chi connectivity index (χ3v) is 2.01. The Labute approximate surface area is 85.3 Å². The Kier molecular flexibility index (Phi) is 6.80. The zero-order valence-corrected chi connectivity index (χ0v) is 9.37. The van der Waals surface area contributed by atoms with Gasteiger partial charge < -0.3 is 9.57 Å². The van der Waals surface area contributed by atoms with Crippen LogP contribution in [0.2, 0.25) is 0 Å². The van der Waals surface area contributed by atoms with Crippen molar-refractivity contribution in [3.05, 3.63) is 0 Å². The summed E-state index contributed by atoms with van der Waals surface area (Å²) in [5, 5.41) is 3.87. The van der Waals surface area contributed by atoms with Gasteiger partial charge in [0.1, 0.15) is 7.11 Å². The topological polar surface area (TPSA) is 47.9 Å². The van der Waals surface area contributed by atoms with Gasteiger partial charge in [-0.25, -0.2) is 0 Å². The van der Waals surface area contributed by atoms with Crippen LogP contribution in [0, 0.1) is 5.92 Å². The summed E-state index contributed by atoms with van der Waals surface area (Å²) in [7, 11) is 2.88. The van der Waals surface area contributed by atoms with Crippen molar-refractivity contribution in [2.24, 2.45) is 11.1 Å². The van der Waals surface area contributed by atoms with E-state index in [1.165, 1.54) is 14.2 Å². The molecule has 0 saturated carbocycles. The van der Waals surface area contributed by atoms with Crippen molar-refractivity contribution in [1.82, 2.24) is 0 Å². The Bertz CT molecular complexity index is 202. The molecule has 1 unspecified atom stereocenters. The second kappa shape index (κ2) is 7.35. The predicted molar refractivity (Wildman–Crippen MR) is 55.1 cm³/mol. The molecule has 4 heteroatoms. The molecule has 0 aliphatic heterocycles. The molecule has 0 aliphatic carbocycles. The number of rotatable bonds is 6. The number of hydrogen-bond acceptors (Lipinski definition) is 4. The van der Waals surface area contributed by atoms with Crippen molar-refractivity contribution < 1.29 is 14.4 Å². The minimum Gasteiger partial charge on any atom is -0.469 e. The highest BCUT2D eigenvalue weighted by atomic mass is 16.6. The number of esters is 1. The molecule has 0 fully saturated rings. The number of nitrogens with zero attached hydrogens (tertiary/aromatic N) is 1. The first kappa shape index (κ1) is 12.9. The van der Waals surface area contributed by atoms with Gasteiger partial charge >= 0.3 is 5.97 Å². The fourth-order valence-corrected chi connectivity index (χ4v) is 1.34. The van der Waals surface area contributed by atoms with Crippen molar-refractivity contribution in [2.75, 3.05) is 14.2 Å². The molecule has 1 atom stereocenters. The first-order valence-corrected chi connectivity index (χ1v) is 4.88. The van der Waals surface area contributed by atoms with Crippen LogP contribution >= 0.6 is 0 Å². The molecule has 0 aromatic heterocycles. The van der Waals surface area contributed by atoms with Gasteiger partial charge in [0.25, 0.3) is 0 Å². The Morgan fingerprint density at radius 2 is 2.00 bits per heavy atom. The fourth-order valence-electron chi connectivity index (χ4n) is 1.34. The minimum atomic E-state index is -0.264. The lowest BCUT2D eigenvalue weighted by Gasteiger charge is -2.13. The van der Waals surface area contributed by atoms with Crippen LogP contribution in [0.25, 0.3) is 0 Å². The highest BCUT2D eigenvalue weighted by Crippen LogP contribution is 2.12. The molecule has 0 rings (SSSR count). The molecule has 4 nitrogen and oxygen atoms in total. The number of methoxy groups -OCH3 is 1. The first-order valence-electron chi connectivity index (χ1n) is 4.88. The Morgan fingerprint density at radius 1 is 1.36 bits per heavy atom. The van der Waals surface area contributed by atoms with E-state index in [9.17, 15) is 4.79 Å². The Morgan fingerprint density at radius 3 is 2.36 bits per heavy atom. The lowest BCUT2D eigenvalue weighted by atomic mass is 9.97. The quantitative estimate of drug-likeness (QED) is 0.375. The largest absolute Gasteiger partial charge is 0.469 e. The highest BCUT2D eigenvalue weighted by Gasteiger charge is 2.23. The van der Waals surface area contributed by atoms with Gasteiger partial charge in [0.05, 0.1) is 18.7 Å². The van der Waals surface area contributed by atoms with Crippen LogP contribution in [0.1, 0.15) is 33.1 Å².